The van der Waals surface area contributed by atoms with Crippen molar-refractivity contribution in [2.45, 2.75) is 75.5 Å². The average molecular weight is 1360 g/mol. The minimum absolute atomic E-state index is 0.155. The molecule has 6 aromatic heterocycles. The van der Waals surface area contributed by atoms with Crippen LogP contribution in [0.15, 0.2) is 162 Å². The fraction of sp³-hybridized carbons (Fsp3) is 0.286. The number of rotatable bonds is 24. The van der Waals surface area contributed by atoms with Crippen molar-refractivity contribution in [1.82, 2.24) is 59.9 Å². The molecular formula is C63H54F3N18O13P. The van der Waals surface area contributed by atoms with Crippen molar-refractivity contribution in [1.29, 1.82) is 0 Å². The summed E-state index contributed by atoms with van der Waals surface area (Å²) in [5.41, 5.74) is 5.59. The number of carbonyl (C=O) groups excluding carboxylic acids is 3. The summed E-state index contributed by atoms with van der Waals surface area (Å²) < 4.78 is 101. The van der Waals surface area contributed by atoms with Crippen molar-refractivity contribution in [2.75, 3.05) is 54.2 Å². The van der Waals surface area contributed by atoms with Crippen LogP contribution in [-0.2, 0) is 66.5 Å². The first-order valence-corrected chi connectivity index (χ1v) is 32.2. The number of hydrogen-bond acceptors (Lipinski definition) is 25. The Kier molecular flexibility index (Phi) is 17.3. The molecule has 3 aromatic carbocycles. The quantitative estimate of drug-likeness (QED) is 0.0406. The van der Waals surface area contributed by atoms with Gasteiger partial charge < -0.3 is 28.7 Å². The van der Waals surface area contributed by atoms with Crippen LogP contribution in [0.5, 0.6) is 0 Å². The van der Waals surface area contributed by atoms with Crippen LogP contribution >= 0.6 is 7.82 Å². The standard InChI is InChI=1S/C63H54F3N18O13P/c64-52-19-40(82-31-46(92-61(82)85)28-79-16-13-70-76-79)4-7-49(52)37-1-10-55(67-25-37)58-22-43(95-73-58)34-89-98(88,90-35-44-23-59(74-96-44)56-11-2-38(26-68-56)50-8-5-41(20-53(50)65)83-32-47(93-62(83)86)29-80-17-14-71-77-80)91-36-45-24-60(75-97-45)57-12-3-39(27-69-57)51-9-6-42(21-54(51)66)84-33-48(94-63(84)87)30-81-18-15-72-78-81/h1-21,25-27,43-48H,22-24,28-36H2/t43?,44?,45?,46-,47-,48-,98?/m0/s1. The fourth-order valence-corrected chi connectivity index (χ4v) is 12.9. The number of anilines is 3. The molecule has 98 heavy (non-hydrogen) atoms. The van der Waals surface area contributed by atoms with E-state index < -0.39 is 80.2 Å². The number of nitrogens with zero attached hydrogens (tertiary/aromatic N) is 18. The third-order valence-corrected chi connectivity index (χ3v) is 18.0. The summed E-state index contributed by atoms with van der Waals surface area (Å²) in [5, 5.41) is 35.7. The van der Waals surface area contributed by atoms with Gasteiger partial charge in [-0.25, -0.2) is 46.2 Å². The summed E-state index contributed by atoms with van der Waals surface area (Å²) in [5.74, 6) is -1.76. The van der Waals surface area contributed by atoms with Crippen LogP contribution in [0.3, 0.4) is 0 Å². The summed E-state index contributed by atoms with van der Waals surface area (Å²) in [6.07, 6.45) is 8.72. The lowest BCUT2D eigenvalue weighted by Crippen LogP contribution is -2.26. The van der Waals surface area contributed by atoms with Gasteiger partial charge in [-0.3, -0.25) is 43.2 Å². The van der Waals surface area contributed by atoms with Gasteiger partial charge in [-0.2, -0.15) is 0 Å². The van der Waals surface area contributed by atoms with Crippen molar-refractivity contribution in [2.24, 2.45) is 15.5 Å². The Balaban J connectivity index is 0.570. The molecular weight excluding hydrogens is 1300 g/mol. The number of oxime groups is 3. The molecule has 0 N–H and O–H groups in total. The number of phosphoric acid groups is 1. The van der Waals surface area contributed by atoms with Crippen LogP contribution in [0, 0.1) is 17.5 Å². The van der Waals surface area contributed by atoms with Crippen LogP contribution < -0.4 is 14.7 Å². The highest BCUT2D eigenvalue weighted by Crippen LogP contribution is 2.51. The first-order chi connectivity index (χ1) is 47.7. The van der Waals surface area contributed by atoms with Crippen molar-refractivity contribution >= 4 is 60.3 Å². The van der Waals surface area contributed by atoms with Gasteiger partial charge in [0.25, 0.3) is 0 Å². The van der Waals surface area contributed by atoms with E-state index in [-0.39, 0.29) is 75.4 Å². The van der Waals surface area contributed by atoms with E-state index in [9.17, 15) is 18.9 Å². The normalized spacial score (nSPS) is 21.1. The summed E-state index contributed by atoms with van der Waals surface area (Å²) >= 11 is 0. The first-order valence-electron chi connectivity index (χ1n) is 30.7. The maximum atomic E-state index is 15.7. The van der Waals surface area contributed by atoms with E-state index in [1.807, 2.05) is 0 Å². The SMILES string of the molecule is O=C1O[C@@H](Cn2ccnn2)CN1c1ccc(-c2ccc(C3=NOC(COP(=O)(OCC4CC(c5ccc(-c6ccc(N7C[C@H](Cn8ccnn8)OC7=O)cc6F)cn5)=NO4)OCC4CC(c5ccc(-c6ccc(N7C[C@H](Cn8ccnn8)OC7=O)cc6F)cn5)=NO4)C3)nc2)c(F)c1. The van der Waals surface area contributed by atoms with Gasteiger partial charge in [0, 0.05) is 89.8 Å². The molecule has 0 aliphatic carbocycles. The molecule has 3 amide bonds. The number of pyridine rings is 3. The van der Waals surface area contributed by atoms with Crippen LogP contribution in [0.4, 0.5) is 44.6 Å². The maximum Gasteiger partial charge on any atom is 0.475 e. The molecule has 15 rings (SSSR count). The Morgan fingerprint density at radius 1 is 0.429 bits per heavy atom. The third kappa shape index (κ3) is 13.7. The summed E-state index contributed by atoms with van der Waals surface area (Å²) in [4.78, 5) is 73.0. The molecule has 500 valence electrons. The van der Waals surface area contributed by atoms with Crippen molar-refractivity contribution in [3.05, 3.63) is 181 Å². The molecule has 6 aliphatic rings. The molecule has 3 unspecified atom stereocenters. The molecule has 12 heterocycles. The van der Waals surface area contributed by atoms with Gasteiger partial charge in [0.05, 0.1) is 112 Å². The molecule has 0 spiro atoms. The number of carbonyl (C=O) groups is 3. The highest BCUT2D eigenvalue weighted by molar-refractivity contribution is 7.48. The maximum absolute atomic E-state index is 15.7. The number of benzene rings is 3. The van der Waals surface area contributed by atoms with Crippen LogP contribution in [-0.4, -0.2) is 171 Å². The van der Waals surface area contributed by atoms with Crippen molar-refractivity contribution in [3.63, 3.8) is 0 Å². The molecule has 35 heteroatoms. The lowest BCUT2D eigenvalue weighted by atomic mass is 10.0. The van der Waals surface area contributed by atoms with Crippen LogP contribution in [0.1, 0.15) is 36.3 Å². The number of aromatic nitrogens is 12. The zero-order chi connectivity index (χ0) is 66.9. The molecule has 3 saturated heterocycles. The molecule has 0 bridgehead atoms. The van der Waals surface area contributed by atoms with Gasteiger partial charge in [0.1, 0.15) is 52.9 Å². The van der Waals surface area contributed by atoms with E-state index >= 15 is 13.2 Å². The molecule has 9 aromatic rings. The lowest BCUT2D eigenvalue weighted by molar-refractivity contribution is -0.00961. The largest absolute Gasteiger partial charge is 0.475 e. The minimum Gasteiger partial charge on any atom is -0.442 e. The van der Waals surface area contributed by atoms with Gasteiger partial charge >= 0.3 is 26.1 Å². The van der Waals surface area contributed by atoms with Gasteiger partial charge in [-0.15, -0.1) is 15.3 Å². The van der Waals surface area contributed by atoms with Crippen LogP contribution in [0.25, 0.3) is 33.4 Å². The number of cyclic esters (lactones) is 3. The van der Waals surface area contributed by atoms with Gasteiger partial charge in [-0.05, 0) is 72.8 Å². The average Bonchev–Trinajstić information content (AvgIpc) is 1.17. The number of hydrogen-bond donors (Lipinski definition) is 0. The van der Waals surface area contributed by atoms with Gasteiger partial charge in [0.2, 0.25) is 0 Å². The van der Waals surface area contributed by atoms with E-state index in [4.69, 9.17) is 42.3 Å². The smallest absolute Gasteiger partial charge is 0.442 e. The van der Waals surface area contributed by atoms with Gasteiger partial charge in [0.15, 0.2) is 18.3 Å². The minimum atomic E-state index is -4.53. The summed E-state index contributed by atoms with van der Waals surface area (Å²) in [6, 6.07) is 23.3. The monoisotopic (exact) mass is 1360 g/mol. The molecule has 6 atom stereocenters. The third-order valence-electron chi connectivity index (χ3n) is 16.6. The van der Waals surface area contributed by atoms with E-state index in [1.165, 1.54) is 70.1 Å². The Morgan fingerprint density at radius 2 is 0.745 bits per heavy atom. The summed E-state index contributed by atoms with van der Waals surface area (Å²) in [6.45, 7) is 0.444. The number of amides is 3. The number of halogens is 3. The molecule has 0 saturated carbocycles. The zero-order valence-corrected chi connectivity index (χ0v) is 52.1. The summed E-state index contributed by atoms with van der Waals surface area (Å²) in [7, 11) is -4.53. The highest BCUT2D eigenvalue weighted by atomic mass is 31.2. The van der Waals surface area contributed by atoms with E-state index in [1.54, 1.807) is 105 Å². The highest BCUT2D eigenvalue weighted by Gasteiger charge is 2.39. The predicted octanol–water partition coefficient (Wildman–Crippen LogP) is 8.18. The van der Waals surface area contributed by atoms with Crippen LogP contribution in [0.2, 0.25) is 0 Å². The second-order valence-corrected chi connectivity index (χ2v) is 24.9. The lowest BCUT2D eigenvalue weighted by Gasteiger charge is -2.21. The van der Waals surface area contributed by atoms with E-state index in [0.717, 1.165) is 0 Å². The van der Waals surface area contributed by atoms with Crippen molar-refractivity contribution < 1.29 is 74.4 Å². The zero-order valence-electron chi connectivity index (χ0n) is 51.2. The molecule has 0 radical (unpaired) electrons. The van der Waals surface area contributed by atoms with Gasteiger partial charge in [-0.1, -0.05) is 49.3 Å². The van der Waals surface area contributed by atoms with Crippen molar-refractivity contribution in [3.8, 4) is 33.4 Å². The molecule has 6 aliphatic heterocycles. The van der Waals surface area contributed by atoms with E-state index in [2.05, 4.69) is 61.4 Å². The fourth-order valence-electron chi connectivity index (χ4n) is 11.6. The molecule has 31 nitrogen and oxygen atoms in total. The Bertz CT molecular complexity index is 4130. The Labute approximate surface area is 552 Å². The second-order valence-electron chi connectivity index (χ2n) is 23.3. The molecule has 3 fully saturated rings. The Hall–Kier alpha value is -11.3. The topological polar surface area (TPSA) is 329 Å². The van der Waals surface area contributed by atoms with E-state index in [0.29, 0.717) is 87.6 Å². The first kappa shape index (κ1) is 62.7. The Morgan fingerprint density at radius 3 is 1.01 bits per heavy atom. The number of phosphoric ester groups is 1. The predicted molar refractivity (Wildman–Crippen MR) is 335 cm³/mol. The second kappa shape index (κ2) is 27.0. The number of ether oxygens (including phenoxy) is 3.